The standard InChI is InChI=1S/C20H42O4/c1-15(2,3)19(21,16(4,5)6)13-23-24-14-20(22,17(7,8)9)18(10,11)12/h21-22H,13-14H2,1-12H3. The summed E-state index contributed by atoms with van der Waals surface area (Å²) in [4.78, 5) is 10.9. The van der Waals surface area contributed by atoms with Crippen LogP contribution < -0.4 is 0 Å². The lowest BCUT2D eigenvalue weighted by Gasteiger charge is -2.50. The van der Waals surface area contributed by atoms with Crippen LogP contribution in [0.15, 0.2) is 0 Å². The van der Waals surface area contributed by atoms with Crippen LogP contribution in [0, 0.1) is 21.7 Å². The van der Waals surface area contributed by atoms with Gasteiger partial charge in [0.15, 0.2) is 0 Å². The fraction of sp³-hybridized carbons (Fsp3) is 1.00. The molecular weight excluding hydrogens is 304 g/mol. The molecule has 4 nitrogen and oxygen atoms in total. The van der Waals surface area contributed by atoms with Gasteiger partial charge in [0.05, 0.1) is 0 Å². The van der Waals surface area contributed by atoms with Crippen LogP contribution >= 0.6 is 0 Å². The molecule has 0 rings (SSSR count). The lowest BCUT2D eigenvalue weighted by atomic mass is 9.63. The number of aliphatic hydroxyl groups is 2. The van der Waals surface area contributed by atoms with Crippen molar-refractivity contribution in [2.45, 2.75) is 94.3 Å². The summed E-state index contributed by atoms with van der Waals surface area (Å²) in [6, 6.07) is 0. The van der Waals surface area contributed by atoms with Crippen molar-refractivity contribution in [1.82, 2.24) is 0 Å². The Labute approximate surface area is 149 Å². The Balaban J connectivity index is 5.11. The Bertz CT molecular complexity index is 331. The second kappa shape index (κ2) is 6.86. The molecule has 0 aliphatic rings. The summed E-state index contributed by atoms with van der Waals surface area (Å²) in [5.41, 5.74) is -3.64. The van der Waals surface area contributed by atoms with Crippen molar-refractivity contribution in [3.05, 3.63) is 0 Å². The van der Waals surface area contributed by atoms with Crippen molar-refractivity contribution < 1.29 is 20.0 Å². The van der Waals surface area contributed by atoms with Crippen molar-refractivity contribution in [1.29, 1.82) is 0 Å². The molecule has 0 amide bonds. The number of hydrogen-bond acceptors (Lipinski definition) is 4. The van der Waals surface area contributed by atoms with Crippen LogP contribution in [0.5, 0.6) is 0 Å². The van der Waals surface area contributed by atoms with Gasteiger partial charge in [-0.05, 0) is 21.7 Å². The normalized spacial score (nSPS) is 15.8. The Hall–Kier alpha value is -0.160. The predicted molar refractivity (Wildman–Crippen MR) is 99.6 cm³/mol. The van der Waals surface area contributed by atoms with Gasteiger partial charge in [0.25, 0.3) is 0 Å². The first kappa shape index (κ1) is 23.8. The van der Waals surface area contributed by atoms with Crippen molar-refractivity contribution >= 4 is 0 Å². The van der Waals surface area contributed by atoms with E-state index in [2.05, 4.69) is 0 Å². The van der Waals surface area contributed by atoms with E-state index in [1.165, 1.54) is 0 Å². The molecule has 0 heterocycles. The summed E-state index contributed by atoms with van der Waals surface area (Å²) < 4.78 is 0. The van der Waals surface area contributed by atoms with Crippen LogP contribution in [0.3, 0.4) is 0 Å². The van der Waals surface area contributed by atoms with Crippen molar-refractivity contribution in [2.75, 3.05) is 13.2 Å². The molecule has 0 spiro atoms. The zero-order valence-corrected chi connectivity index (χ0v) is 18.1. The SMILES string of the molecule is CC(C)(C)C(O)(COOCC(O)(C(C)(C)C)C(C)(C)C)C(C)(C)C. The lowest BCUT2D eigenvalue weighted by Crippen LogP contribution is -2.58. The molecule has 0 atom stereocenters. The van der Waals surface area contributed by atoms with E-state index in [9.17, 15) is 10.2 Å². The second-order valence-electron chi connectivity index (χ2n) is 11.2. The monoisotopic (exact) mass is 346 g/mol. The molecule has 4 heteroatoms. The van der Waals surface area contributed by atoms with E-state index in [4.69, 9.17) is 9.78 Å². The zero-order chi connectivity index (χ0) is 19.8. The van der Waals surface area contributed by atoms with Gasteiger partial charge in [0, 0.05) is 0 Å². The third kappa shape index (κ3) is 4.72. The molecule has 0 radical (unpaired) electrons. The molecule has 0 bridgehead atoms. The van der Waals surface area contributed by atoms with E-state index in [1.54, 1.807) is 0 Å². The Kier molecular flexibility index (Phi) is 6.82. The fourth-order valence-corrected chi connectivity index (χ4v) is 3.37. The summed E-state index contributed by atoms with van der Waals surface area (Å²) in [6.45, 7) is 24.0. The summed E-state index contributed by atoms with van der Waals surface area (Å²) >= 11 is 0. The van der Waals surface area contributed by atoms with Crippen LogP contribution in [0.25, 0.3) is 0 Å². The van der Waals surface area contributed by atoms with Gasteiger partial charge in [0.2, 0.25) is 0 Å². The van der Waals surface area contributed by atoms with E-state index in [1.807, 2.05) is 83.1 Å². The Morgan fingerprint density at radius 3 is 0.750 bits per heavy atom. The number of hydrogen-bond donors (Lipinski definition) is 2. The first-order chi connectivity index (χ1) is 10.2. The van der Waals surface area contributed by atoms with Gasteiger partial charge >= 0.3 is 0 Å². The molecule has 0 saturated heterocycles. The molecule has 0 saturated carbocycles. The number of rotatable bonds is 5. The average Bonchev–Trinajstić information content (AvgIpc) is 2.28. The minimum Gasteiger partial charge on any atom is -0.386 e. The summed E-state index contributed by atoms with van der Waals surface area (Å²) in [5.74, 6) is 0. The van der Waals surface area contributed by atoms with E-state index in [0.717, 1.165) is 0 Å². The topological polar surface area (TPSA) is 58.9 Å². The van der Waals surface area contributed by atoms with E-state index < -0.39 is 11.2 Å². The zero-order valence-electron chi connectivity index (χ0n) is 18.1. The molecule has 0 aromatic carbocycles. The fourth-order valence-electron chi connectivity index (χ4n) is 3.37. The van der Waals surface area contributed by atoms with Crippen LogP contribution in [-0.2, 0) is 9.78 Å². The van der Waals surface area contributed by atoms with E-state index >= 15 is 0 Å². The van der Waals surface area contributed by atoms with Gasteiger partial charge in [-0.15, -0.1) is 0 Å². The van der Waals surface area contributed by atoms with Crippen LogP contribution in [0.1, 0.15) is 83.1 Å². The third-order valence-electron chi connectivity index (χ3n) is 5.58. The molecule has 0 aromatic rings. The van der Waals surface area contributed by atoms with Crippen molar-refractivity contribution in [3.63, 3.8) is 0 Å². The molecule has 0 unspecified atom stereocenters. The predicted octanol–water partition coefficient (Wildman–Crippen LogP) is 4.58. The van der Waals surface area contributed by atoms with Crippen molar-refractivity contribution in [3.8, 4) is 0 Å². The Morgan fingerprint density at radius 2 is 0.625 bits per heavy atom. The molecule has 0 fully saturated rings. The minimum absolute atomic E-state index is 0.0460. The highest BCUT2D eigenvalue weighted by molar-refractivity contribution is 5.00. The lowest BCUT2D eigenvalue weighted by molar-refractivity contribution is -0.364. The van der Waals surface area contributed by atoms with Gasteiger partial charge in [-0.1, -0.05) is 83.1 Å². The average molecular weight is 347 g/mol. The highest BCUT2D eigenvalue weighted by atomic mass is 17.2. The highest BCUT2D eigenvalue weighted by Crippen LogP contribution is 2.45. The first-order valence-electron chi connectivity index (χ1n) is 8.90. The maximum Gasteiger partial charge on any atom is 0.112 e. The molecule has 0 aliphatic heterocycles. The molecule has 2 N–H and O–H groups in total. The maximum atomic E-state index is 11.2. The quantitative estimate of drug-likeness (QED) is 0.434. The second-order valence-corrected chi connectivity index (χ2v) is 11.2. The van der Waals surface area contributed by atoms with Gasteiger partial charge in [-0.25, -0.2) is 9.78 Å². The first-order valence-corrected chi connectivity index (χ1v) is 8.90. The largest absolute Gasteiger partial charge is 0.386 e. The third-order valence-corrected chi connectivity index (χ3v) is 5.58. The van der Waals surface area contributed by atoms with Crippen LogP contribution in [0.2, 0.25) is 0 Å². The van der Waals surface area contributed by atoms with Crippen molar-refractivity contribution in [2.24, 2.45) is 21.7 Å². The smallest absolute Gasteiger partial charge is 0.112 e. The summed E-state index contributed by atoms with van der Waals surface area (Å²) in [5, 5.41) is 22.3. The summed E-state index contributed by atoms with van der Waals surface area (Å²) in [7, 11) is 0. The minimum atomic E-state index is -1.07. The molecule has 0 aromatic heterocycles. The van der Waals surface area contributed by atoms with Crippen LogP contribution in [0.4, 0.5) is 0 Å². The maximum absolute atomic E-state index is 11.2. The van der Waals surface area contributed by atoms with E-state index in [0.29, 0.717) is 0 Å². The molecule has 146 valence electrons. The molecule has 0 aliphatic carbocycles. The summed E-state index contributed by atoms with van der Waals surface area (Å²) in [6.07, 6.45) is 0. The van der Waals surface area contributed by atoms with Gasteiger partial charge in [-0.3, -0.25) is 0 Å². The molecule has 24 heavy (non-hydrogen) atoms. The van der Waals surface area contributed by atoms with Gasteiger partial charge in [0.1, 0.15) is 24.4 Å². The van der Waals surface area contributed by atoms with Gasteiger partial charge in [-0.2, -0.15) is 0 Å². The molecular formula is C20H42O4. The highest BCUT2D eigenvalue weighted by Gasteiger charge is 2.52. The van der Waals surface area contributed by atoms with Gasteiger partial charge < -0.3 is 10.2 Å². The van der Waals surface area contributed by atoms with Crippen LogP contribution in [-0.4, -0.2) is 34.6 Å². The Morgan fingerprint density at radius 1 is 0.458 bits per heavy atom. The van der Waals surface area contributed by atoms with E-state index in [-0.39, 0.29) is 34.9 Å².